The van der Waals surface area contributed by atoms with Gasteiger partial charge in [0.2, 0.25) is 0 Å². The van der Waals surface area contributed by atoms with Crippen molar-refractivity contribution in [3.63, 3.8) is 0 Å². The van der Waals surface area contributed by atoms with E-state index < -0.39 is 53.0 Å². The number of non-ortho nitro benzene ring substituents is 1. The number of hydrogen-bond acceptors (Lipinski definition) is 5. The van der Waals surface area contributed by atoms with Crippen molar-refractivity contribution >= 4 is 11.7 Å². The standard InChI is InChI=1S/C11H10F3N3O3/c12-5-11(9(14)4-20-10(15)16-11)7-3-6(17(18)19)1-2-8(7)13/h1-3,9H,4-5H2,(H2,15,16)/t9-,11+/m0/s1. The van der Waals surface area contributed by atoms with Crippen LogP contribution in [0.4, 0.5) is 18.9 Å². The summed E-state index contributed by atoms with van der Waals surface area (Å²) < 4.78 is 45.8. The summed E-state index contributed by atoms with van der Waals surface area (Å²) in [6.45, 7) is -2.02. The number of halogens is 3. The highest BCUT2D eigenvalue weighted by atomic mass is 19.1. The maximum atomic E-state index is 14.0. The Morgan fingerprint density at radius 2 is 2.30 bits per heavy atom. The van der Waals surface area contributed by atoms with Gasteiger partial charge in [0, 0.05) is 17.7 Å². The molecule has 0 radical (unpaired) electrons. The Balaban J connectivity index is 2.64. The second-order valence-electron chi connectivity index (χ2n) is 4.21. The SMILES string of the molecule is NC1=N[C@](CF)(c2cc([N+](=O)[O-])ccc2F)[C@@H](F)CO1. The minimum absolute atomic E-state index is 0.498. The molecule has 0 unspecified atom stereocenters. The number of alkyl halides is 2. The smallest absolute Gasteiger partial charge is 0.283 e. The fourth-order valence-electron chi connectivity index (χ4n) is 1.97. The summed E-state index contributed by atoms with van der Waals surface area (Å²) in [7, 11) is 0. The maximum Gasteiger partial charge on any atom is 0.283 e. The van der Waals surface area contributed by atoms with Crippen molar-refractivity contribution in [3.05, 3.63) is 39.7 Å². The number of amidine groups is 1. The van der Waals surface area contributed by atoms with Crippen molar-refractivity contribution in [1.82, 2.24) is 0 Å². The number of nitro groups is 1. The van der Waals surface area contributed by atoms with Crippen LogP contribution in [-0.4, -0.2) is 30.4 Å². The van der Waals surface area contributed by atoms with Crippen LogP contribution in [0.25, 0.3) is 0 Å². The zero-order valence-electron chi connectivity index (χ0n) is 10.1. The summed E-state index contributed by atoms with van der Waals surface area (Å²) in [5.74, 6) is -1.01. The highest BCUT2D eigenvalue weighted by molar-refractivity contribution is 5.73. The molecule has 9 heteroatoms. The van der Waals surface area contributed by atoms with Gasteiger partial charge in [0.05, 0.1) is 4.92 Å². The van der Waals surface area contributed by atoms with E-state index in [2.05, 4.69) is 9.73 Å². The third-order valence-electron chi connectivity index (χ3n) is 3.04. The van der Waals surface area contributed by atoms with Crippen molar-refractivity contribution in [3.8, 4) is 0 Å². The molecule has 2 N–H and O–H groups in total. The van der Waals surface area contributed by atoms with Gasteiger partial charge in [-0.2, -0.15) is 0 Å². The molecular formula is C11H10F3N3O3. The number of aliphatic imine (C=N–C) groups is 1. The minimum atomic E-state index is -2.27. The molecule has 6 nitrogen and oxygen atoms in total. The third-order valence-corrected chi connectivity index (χ3v) is 3.04. The van der Waals surface area contributed by atoms with Crippen LogP contribution in [0.2, 0.25) is 0 Å². The molecule has 1 aromatic rings. The summed E-state index contributed by atoms with van der Waals surface area (Å²) >= 11 is 0. The predicted octanol–water partition coefficient (Wildman–Crippen LogP) is 1.58. The van der Waals surface area contributed by atoms with E-state index in [0.29, 0.717) is 0 Å². The van der Waals surface area contributed by atoms with Gasteiger partial charge in [-0.15, -0.1) is 0 Å². The van der Waals surface area contributed by atoms with E-state index in [1.165, 1.54) is 0 Å². The monoisotopic (exact) mass is 289 g/mol. The third kappa shape index (κ3) is 2.15. The van der Waals surface area contributed by atoms with Crippen LogP contribution in [0, 0.1) is 15.9 Å². The van der Waals surface area contributed by atoms with Crippen molar-refractivity contribution in [2.75, 3.05) is 13.3 Å². The fraction of sp³-hybridized carbons (Fsp3) is 0.364. The van der Waals surface area contributed by atoms with E-state index in [0.717, 1.165) is 18.2 Å². The Morgan fingerprint density at radius 1 is 1.60 bits per heavy atom. The summed E-state index contributed by atoms with van der Waals surface area (Å²) in [6, 6.07) is 1.91. The maximum absolute atomic E-state index is 14.0. The van der Waals surface area contributed by atoms with Gasteiger partial charge in [-0.1, -0.05) is 0 Å². The van der Waals surface area contributed by atoms with Crippen LogP contribution in [0.15, 0.2) is 23.2 Å². The Bertz CT molecular complexity index is 581. The van der Waals surface area contributed by atoms with E-state index >= 15 is 0 Å². The summed E-state index contributed by atoms with van der Waals surface area (Å²) in [5, 5.41) is 10.7. The van der Waals surface area contributed by atoms with Crippen molar-refractivity contribution in [2.24, 2.45) is 10.7 Å². The van der Waals surface area contributed by atoms with Crippen LogP contribution in [0.3, 0.4) is 0 Å². The van der Waals surface area contributed by atoms with E-state index in [4.69, 9.17) is 5.73 Å². The first kappa shape index (κ1) is 14.1. The van der Waals surface area contributed by atoms with Gasteiger partial charge < -0.3 is 10.5 Å². The first-order valence-corrected chi connectivity index (χ1v) is 5.53. The number of nitro benzene ring substituents is 1. The number of nitrogens with zero attached hydrogens (tertiary/aromatic N) is 2. The van der Waals surface area contributed by atoms with Crippen LogP contribution in [0.5, 0.6) is 0 Å². The highest BCUT2D eigenvalue weighted by Crippen LogP contribution is 2.38. The zero-order valence-corrected chi connectivity index (χ0v) is 10.1. The topological polar surface area (TPSA) is 90.8 Å². The number of nitrogens with two attached hydrogens (primary N) is 1. The first-order chi connectivity index (χ1) is 9.40. The largest absolute Gasteiger partial charge is 0.462 e. The van der Waals surface area contributed by atoms with Crippen molar-refractivity contribution in [1.29, 1.82) is 0 Å². The van der Waals surface area contributed by atoms with E-state index in [9.17, 15) is 23.3 Å². The Hall–Kier alpha value is -2.32. The quantitative estimate of drug-likeness (QED) is 0.675. The Labute approximate surface area is 111 Å². The lowest BCUT2D eigenvalue weighted by Crippen LogP contribution is -2.47. The molecule has 108 valence electrons. The number of benzene rings is 1. The first-order valence-electron chi connectivity index (χ1n) is 5.53. The molecule has 20 heavy (non-hydrogen) atoms. The van der Waals surface area contributed by atoms with Gasteiger partial charge in [-0.05, 0) is 6.07 Å². The molecule has 0 bridgehead atoms. The van der Waals surface area contributed by atoms with E-state index in [1.807, 2.05) is 0 Å². The molecule has 2 atom stereocenters. The average molecular weight is 289 g/mol. The van der Waals surface area contributed by atoms with Crippen LogP contribution >= 0.6 is 0 Å². The second-order valence-corrected chi connectivity index (χ2v) is 4.21. The summed E-state index contributed by atoms with van der Waals surface area (Å²) in [6.07, 6.45) is -2.02. The molecule has 0 aliphatic carbocycles. The lowest BCUT2D eigenvalue weighted by atomic mass is 9.86. The summed E-state index contributed by atoms with van der Waals surface area (Å²) in [5.41, 5.74) is 1.95. The fourth-order valence-corrected chi connectivity index (χ4v) is 1.97. The molecule has 1 aliphatic heterocycles. The lowest BCUT2D eigenvalue weighted by molar-refractivity contribution is -0.385. The normalized spacial score (nSPS) is 25.8. The van der Waals surface area contributed by atoms with E-state index in [-0.39, 0.29) is 0 Å². The minimum Gasteiger partial charge on any atom is -0.462 e. The predicted molar refractivity (Wildman–Crippen MR) is 63.2 cm³/mol. The number of rotatable bonds is 3. The van der Waals surface area contributed by atoms with Gasteiger partial charge in [0.1, 0.15) is 19.1 Å². The molecule has 1 aliphatic rings. The Morgan fingerprint density at radius 3 is 2.90 bits per heavy atom. The van der Waals surface area contributed by atoms with Crippen LogP contribution in [-0.2, 0) is 10.3 Å². The molecule has 0 amide bonds. The highest BCUT2D eigenvalue weighted by Gasteiger charge is 2.47. The average Bonchev–Trinajstić information content (AvgIpc) is 2.42. The molecule has 0 saturated heterocycles. The second kappa shape index (κ2) is 4.99. The van der Waals surface area contributed by atoms with Gasteiger partial charge in [-0.3, -0.25) is 10.1 Å². The molecule has 1 aromatic carbocycles. The van der Waals surface area contributed by atoms with Gasteiger partial charge >= 0.3 is 0 Å². The van der Waals surface area contributed by atoms with E-state index in [1.54, 1.807) is 0 Å². The molecule has 0 spiro atoms. The molecule has 0 saturated carbocycles. The molecule has 0 fully saturated rings. The van der Waals surface area contributed by atoms with Crippen LogP contribution < -0.4 is 5.73 Å². The van der Waals surface area contributed by atoms with Gasteiger partial charge in [0.15, 0.2) is 11.7 Å². The number of hydrogen-bond donors (Lipinski definition) is 1. The zero-order chi connectivity index (χ0) is 14.9. The van der Waals surface area contributed by atoms with Gasteiger partial charge in [0.25, 0.3) is 11.7 Å². The molecule has 0 aromatic heterocycles. The lowest BCUT2D eigenvalue weighted by Gasteiger charge is -2.34. The molecular weight excluding hydrogens is 279 g/mol. The molecule has 1 heterocycles. The summed E-state index contributed by atoms with van der Waals surface area (Å²) in [4.78, 5) is 13.4. The van der Waals surface area contributed by atoms with Gasteiger partial charge in [-0.25, -0.2) is 18.2 Å². The Kier molecular flexibility index (Phi) is 3.51. The molecule has 2 rings (SSSR count). The van der Waals surface area contributed by atoms with Crippen molar-refractivity contribution in [2.45, 2.75) is 11.7 Å². The number of ether oxygens (including phenoxy) is 1. The van der Waals surface area contributed by atoms with Crippen molar-refractivity contribution < 1.29 is 22.8 Å². The van der Waals surface area contributed by atoms with Crippen LogP contribution in [0.1, 0.15) is 5.56 Å².